The van der Waals surface area contributed by atoms with Crippen LogP contribution in [0.1, 0.15) is 56.2 Å². The quantitative estimate of drug-likeness (QED) is 0.500. The number of hydrogen-bond donors (Lipinski definition) is 1. The van der Waals surface area contributed by atoms with Gasteiger partial charge in [0.15, 0.2) is 0 Å². The van der Waals surface area contributed by atoms with Gasteiger partial charge in [0.05, 0.1) is 24.1 Å². The number of nitrogens with zero attached hydrogens (tertiary/aromatic N) is 1. The summed E-state index contributed by atoms with van der Waals surface area (Å²) in [4.78, 5) is 15.7. The third-order valence-corrected chi connectivity index (χ3v) is 6.75. The average Bonchev–Trinajstić information content (AvgIpc) is 2.73. The Labute approximate surface area is 189 Å². The van der Waals surface area contributed by atoms with Crippen LogP contribution in [0.15, 0.2) is 61.2 Å². The Morgan fingerprint density at radius 2 is 1.90 bits per heavy atom. The van der Waals surface area contributed by atoms with Crippen molar-refractivity contribution in [2.75, 3.05) is 6.61 Å². The van der Waals surface area contributed by atoms with Gasteiger partial charge in [0.1, 0.15) is 0 Å². The van der Waals surface area contributed by atoms with Crippen molar-refractivity contribution in [2.45, 2.75) is 51.1 Å². The summed E-state index contributed by atoms with van der Waals surface area (Å²) in [5.41, 5.74) is 1.49. The lowest BCUT2D eigenvalue weighted by Gasteiger charge is -2.51. The molecule has 1 aliphatic rings. The average molecular weight is 446 g/mol. The number of carbonyl (C=O) groups is 1. The fourth-order valence-electron chi connectivity index (χ4n) is 4.70. The summed E-state index contributed by atoms with van der Waals surface area (Å²) < 4.78 is 0. The number of halogens is 2. The van der Waals surface area contributed by atoms with Gasteiger partial charge in [-0.1, -0.05) is 67.4 Å². The zero-order valence-corrected chi connectivity index (χ0v) is 19.0. The van der Waals surface area contributed by atoms with E-state index in [2.05, 4.69) is 12.6 Å². The first-order chi connectivity index (χ1) is 14.3. The molecule has 1 aliphatic heterocycles. The van der Waals surface area contributed by atoms with Crippen LogP contribution in [-0.4, -0.2) is 28.6 Å². The first-order valence-corrected chi connectivity index (χ1v) is 11.2. The molecule has 1 amide bonds. The molecule has 0 saturated carbocycles. The summed E-state index contributed by atoms with van der Waals surface area (Å²) in [6.07, 6.45) is 3.73. The minimum Gasteiger partial charge on any atom is -0.394 e. The van der Waals surface area contributed by atoms with E-state index in [1.807, 2.05) is 67.3 Å². The topological polar surface area (TPSA) is 40.5 Å². The molecule has 3 rings (SSSR count). The summed E-state index contributed by atoms with van der Waals surface area (Å²) in [5.74, 6) is 0.0784. The molecule has 1 saturated heterocycles. The molecule has 1 N–H and O–H groups in total. The Hall–Kier alpha value is -1.81. The normalized spacial score (nSPS) is 25.2. The van der Waals surface area contributed by atoms with Crippen molar-refractivity contribution in [1.82, 2.24) is 4.90 Å². The second-order valence-electron chi connectivity index (χ2n) is 8.37. The highest BCUT2D eigenvalue weighted by Crippen LogP contribution is 2.52. The maximum Gasteiger partial charge on any atom is 0.229 e. The van der Waals surface area contributed by atoms with Gasteiger partial charge in [0.25, 0.3) is 0 Å². The Morgan fingerprint density at radius 1 is 1.20 bits per heavy atom. The number of allylic oxidation sites excluding steroid dienone is 1. The predicted molar refractivity (Wildman–Crippen MR) is 124 cm³/mol. The Balaban J connectivity index is 2.22. The summed E-state index contributed by atoms with van der Waals surface area (Å²) >= 11 is 12.5. The largest absolute Gasteiger partial charge is 0.394 e. The van der Waals surface area contributed by atoms with Crippen LogP contribution < -0.4 is 0 Å². The molecule has 2 aromatic rings. The highest BCUT2D eigenvalue weighted by atomic mass is 35.5. The maximum absolute atomic E-state index is 13.8. The summed E-state index contributed by atoms with van der Waals surface area (Å²) in [5, 5.41) is 11.5. The molecule has 0 bridgehead atoms. The van der Waals surface area contributed by atoms with Gasteiger partial charge in [0.2, 0.25) is 5.91 Å². The van der Waals surface area contributed by atoms with Gasteiger partial charge in [-0.2, -0.15) is 0 Å². The van der Waals surface area contributed by atoms with E-state index in [4.69, 9.17) is 23.2 Å². The summed E-state index contributed by atoms with van der Waals surface area (Å²) in [6, 6.07) is 15.0. The molecular formula is C25H29Cl2NO2. The van der Waals surface area contributed by atoms with E-state index in [1.165, 1.54) is 0 Å². The first-order valence-electron chi connectivity index (χ1n) is 10.4. The predicted octanol–water partition coefficient (Wildman–Crippen LogP) is 6.40. The minimum absolute atomic E-state index is 0.0214. The fraction of sp³-hybridized carbons (Fsp3) is 0.400. The third kappa shape index (κ3) is 4.44. The fourth-order valence-corrected chi connectivity index (χ4v) is 5.03. The summed E-state index contributed by atoms with van der Waals surface area (Å²) in [7, 11) is 0. The molecule has 0 aliphatic carbocycles. The number of carbonyl (C=O) groups excluding carboxylic acids is 1. The van der Waals surface area contributed by atoms with Crippen molar-refractivity contribution in [3.63, 3.8) is 0 Å². The number of amides is 1. The van der Waals surface area contributed by atoms with Gasteiger partial charge in [-0.15, -0.1) is 6.58 Å². The molecule has 3 unspecified atom stereocenters. The maximum atomic E-state index is 13.8. The minimum atomic E-state index is -0.597. The van der Waals surface area contributed by atoms with E-state index in [0.717, 1.165) is 11.1 Å². The van der Waals surface area contributed by atoms with Crippen molar-refractivity contribution >= 4 is 29.1 Å². The lowest BCUT2D eigenvalue weighted by molar-refractivity contribution is -0.156. The Kier molecular flexibility index (Phi) is 7.28. The van der Waals surface area contributed by atoms with Crippen molar-refractivity contribution < 1.29 is 9.90 Å². The number of likely N-dealkylation sites (tertiary alicyclic amines) is 1. The van der Waals surface area contributed by atoms with E-state index in [-0.39, 0.29) is 30.5 Å². The van der Waals surface area contributed by atoms with Gasteiger partial charge in [-0.3, -0.25) is 4.79 Å². The summed E-state index contributed by atoms with van der Waals surface area (Å²) in [6.45, 7) is 7.81. The second kappa shape index (κ2) is 9.55. The number of hydrogen-bond acceptors (Lipinski definition) is 2. The molecule has 1 fully saturated rings. The zero-order chi connectivity index (χ0) is 21.9. The Bertz CT molecular complexity index is 894. The molecule has 30 heavy (non-hydrogen) atoms. The molecule has 0 radical (unpaired) electrons. The van der Waals surface area contributed by atoms with Crippen LogP contribution >= 0.6 is 23.2 Å². The Morgan fingerprint density at radius 3 is 2.47 bits per heavy atom. The lowest BCUT2D eigenvalue weighted by atomic mass is 9.67. The van der Waals surface area contributed by atoms with Crippen LogP contribution in [0.5, 0.6) is 0 Å². The molecule has 1 heterocycles. The number of rotatable bonds is 7. The standard InChI is InChI=1S/C25H29Cl2NO2/c1-4-13-25(3)15-22(18-7-6-8-20(27)14-18)23(17-9-11-19(26)12-10-17)28(24(25)30)21(5-2)16-29/h4,6-12,14,21-23,29H,1,5,13,15-16H2,2-3H3/t21-,22?,23?,25?/m0/s1. The monoisotopic (exact) mass is 445 g/mol. The number of aliphatic hydroxyl groups is 1. The van der Waals surface area contributed by atoms with E-state index in [0.29, 0.717) is 29.3 Å². The lowest BCUT2D eigenvalue weighted by Crippen LogP contribution is -2.56. The van der Waals surface area contributed by atoms with Crippen LogP contribution in [0, 0.1) is 5.41 Å². The number of benzene rings is 2. The molecule has 5 heteroatoms. The van der Waals surface area contributed by atoms with Crippen molar-refractivity contribution in [1.29, 1.82) is 0 Å². The van der Waals surface area contributed by atoms with E-state index in [9.17, 15) is 9.90 Å². The first kappa shape index (κ1) is 22.9. The van der Waals surface area contributed by atoms with Crippen LogP contribution in [0.4, 0.5) is 0 Å². The molecule has 160 valence electrons. The van der Waals surface area contributed by atoms with Crippen molar-refractivity contribution in [3.8, 4) is 0 Å². The van der Waals surface area contributed by atoms with Crippen molar-refractivity contribution in [3.05, 3.63) is 82.4 Å². The molecule has 4 atom stereocenters. The van der Waals surface area contributed by atoms with Crippen LogP contribution in [-0.2, 0) is 4.79 Å². The SMILES string of the molecule is C=CCC1(C)CC(c2cccc(Cl)c2)C(c2ccc(Cl)cc2)N([C@@H](CC)CO)C1=O. The van der Waals surface area contributed by atoms with E-state index in [1.54, 1.807) is 0 Å². The van der Waals surface area contributed by atoms with Gasteiger partial charge in [-0.25, -0.2) is 0 Å². The van der Waals surface area contributed by atoms with Crippen molar-refractivity contribution in [2.24, 2.45) is 5.41 Å². The highest BCUT2D eigenvalue weighted by molar-refractivity contribution is 6.30. The molecule has 3 nitrogen and oxygen atoms in total. The van der Waals surface area contributed by atoms with Gasteiger partial charge in [-0.05, 0) is 54.7 Å². The number of piperidine rings is 1. The van der Waals surface area contributed by atoms with Crippen LogP contribution in [0.25, 0.3) is 0 Å². The highest BCUT2D eigenvalue weighted by Gasteiger charge is 2.50. The van der Waals surface area contributed by atoms with E-state index >= 15 is 0 Å². The van der Waals surface area contributed by atoms with E-state index < -0.39 is 5.41 Å². The van der Waals surface area contributed by atoms with Gasteiger partial charge >= 0.3 is 0 Å². The second-order valence-corrected chi connectivity index (χ2v) is 9.25. The smallest absolute Gasteiger partial charge is 0.229 e. The molecule has 2 aromatic carbocycles. The molecular weight excluding hydrogens is 417 g/mol. The third-order valence-electron chi connectivity index (χ3n) is 6.26. The van der Waals surface area contributed by atoms with Gasteiger partial charge in [0, 0.05) is 16.0 Å². The van der Waals surface area contributed by atoms with Crippen LogP contribution in [0.3, 0.4) is 0 Å². The molecule has 0 aromatic heterocycles. The zero-order valence-electron chi connectivity index (χ0n) is 17.5. The van der Waals surface area contributed by atoms with Gasteiger partial charge < -0.3 is 10.0 Å². The van der Waals surface area contributed by atoms with Crippen LogP contribution in [0.2, 0.25) is 10.0 Å². The number of aliphatic hydroxyl groups excluding tert-OH is 1. The molecule has 0 spiro atoms.